The average Bonchev–Trinajstić information content (AvgIpc) is 2.68. The monoisotopic (exact) mass is 191 g/mol. The summed E-state index contributed by atoms with van der Waals surface area (Å²) in [7, 11) is 0. The highest BCUT2D eigenvalue weighted by molar-refractivity contribution is 5.47. The molecule has 14 heavy (non-hydrogen) atoms. The molecule has 0 unspecified atom stereocenters. The Hall–Kier alpha value is -1.82. The maximum Gasteiger partial charge on any atom is 0.200 e. The molecule has 2 rings (SSSR count). The third-order valence-electron chi connectivity index (χ3n) is 1.74. The van der Waals surface area contributed by atoms with Crippen LogP contribution in [0.3, 0.4) is 0 Å². The van der Waals surface area contributed by atoms with Crippen LogP contribution < -0.4 is 0 Å². The van der Waals surface area contributed by atoms with Gasteiger partial charge in [-0.05, 0) is 22.6 Å². The lowest BCUT2D eigenvalue weighted by Crippen LogP contribution is -2.06. The average molecular weight is 191 g/mol. The van der Waals surface area contributed by atoms with Gasteiger partial charge >= 0.3 is 0 Å². The van der Waals surface area contributed by atoms with Crippen LogP contribution >= 0.6 is 0 Å². The Morgan fingerprint density at radius 2 is 2.29 bits per heavy atom. The third kappa shape index (κ3) is 1.60. The predicted molar refractivity (Wildman–Crippen MR) is 48.1 cm³/mol. The molecule has 2 aromatic rings. The topological polar surface area (TPSA) is 76.7 Å². The standard InChI is InChI=1S/C8H9N5O/c14-6-5-13-8(10-11-12-13)7-3-1-2-4-9-7/h1-4,14H,5-6H2. The molecule has 0 atom stereocenters. The van der Waals surface area contributed by atoms with Crippen molar-refractivity contribution < 1.29 is 5.11 Å². The number of nitrogens with zero attached hydrogens (tertiary/aromatic N) is 5. The van der Waals surface area contributed by atoms with Crippen molar-refractivity contribution in [1.29, 1.82) is 0 Å². The molecular formula is C8H9N5O. The lowest BCUT2D eigenvalue weighted by Gasteiger charge is -2.00. The number of aliphatic hydroxyl groups excluding tert-OH is 1. The second-order valence-electron chi connectivity index (χ2n) is 2.66. The van der Waals surface area contributed by atoms with Crippen LogP contribution in [-0.2, 0) is 6.54 Å². The van der Waals surface area contributed by atoms with Gasteiger partial charge in [0.1, 0.15) is 5.69 Å². The van der Waals surface area contributed by atoms with Crippen LogP contribution in [0, 0.1) is 0 Å². The van der Waals surface area contributed by atoms with E-state index >= 15 is 0 Å². The molecule has 6 heteroatoms. The van der Waals surface area contributed by atoms with Crippen LogP contribution in [-0.4, -0.2) is 36.9 Å². The first kappa shape index (κ1) is 8.76. The van der Waals surface area contributed by atoms with E-state index in [1.165, 1.54) is 4.68 Å². The SMILES string of the molecule is OCCn1nnnc1-c1ccccn1. The Morgan fingerprint density at radius 3 is 3.00 bits per heavy atom. The number of pyridine rings is 1. The van der Waals surface area contributed by atoms with Gasteiger partial charge < -0.3 is 5.11 Å². The van der Waals surface area contributed by atoms with E-state index in [2.05, 4.69) is 20.5 Å². The molecule has 0 spiro atoms. The van der Waals surface area contributed by atoms with E-state index in [1.54, 1.807) is 6.20 Å². The highest BCUT2D eigenvalue weighted by Crippen LogP contribution is 2.10. The zero-order valence-corrected chi connectivity index (χ0v) is 7.41. The summed E-state index contributed by atoms with van der Waals surface area (Å²) in [6.45, 7) is 0.379. The minimum Gasteiger partial charge on any atom is -0.394 e. The van der Waals surface area contributed by atoms with Crippen LogP contribution in [0.15, 0.2) is 24.4 Å². The second-order valence-corrected chi connectivity index (χ2v) is 2.66. The maximum absolute atomic E-state index is 8.77. The maximum atomic E-state index is 8.77. The number of aromatic nitrogens is 5. The first-order valence-electron chi connectivity index (χ1n) is 4.20. The van der Waals surface area contributed by atoms with Crippen LogP contribution in [0.4, 0.5) is 0 Å². The van der Waals surface area contributed by atoms with Crippen molar-refractivity contribution in [3.63, 3.8) is 0 Å². The van der Waals surface area contributed by atoms with Gasteiger partial charge in [0.15, 0.2) is 0 Å². The Balaban J connectivity index is 2.37. The molecule has 0 saturated heterocycles. The lowest BCUT2D eigenvalue weighted by molar-refractivity contribution is 0.268. The first-order valence-corrected chi connectivity index (χ1v) is 4.20. The van der Waals surface area contributed by atoms with Gasteiger partial charge in [0.05, 0.1) is 13.2 Å². The van der Waals surface area contributed by atoms with E-state index in [-0.39, 0.29) is 6.61 Å². The molecule has 2 aromatic heterocycles. The third-order valence-corrected chi connectivity index (χ3v) is 1.74. The van der Waals surface area contributed by atoms with Crippen molar-refractivity contribution in [1.82, 2.24) is 25.2 Å². The van der Waals surface area contributed by atoms with E-state index in [1.807, 2.05) is 18.2 Å². The van der Waals surface area contributed by atoms with Crippen LogP contribution in [0.2, 0.25) is 0 Å². The molecule has 1 N–H and O–H groups in total. The van der Waals surface area contributed by atoms with E-state index in [4.69, 9.17) is 5.11 Å². The van der Waals surface area contributed by atoms with Gasteiger partial charge in [-0.1, -0.05) is 6.07 Å². The van der Waals surface area contributed by atoms with Crippen molar-refractivity contribution >= 4 is 0 Å². The van der Waals surface area contributed by atoms with Crippen LogP contribution in [0.5, 0.6) is 0 Å². The number of hydrogen-bond acceptors (Lipinski definition) is 5. The predicted octanol–water partition coefficient (Wildman–Crippen LogP) is -0.273. The molecule has 72 valence electrons. The summed E-state index contributed by atoms with van der Waals surface area (Å²) in [6, 6.07) is 5.50. The van der Waals surface area contributed by atoms with Gasteiger partial charge in [0.25, 0.3) is 0 Å². The van der Waals surface area contributed by atoms with Crippen molar-refractivity contribution in [2.45, 2.75) is 6.54 Å². The Labute approximate surface area is 80.2 Å². The molecule has 0 aliphatic heterocycles. The Bertz CT molecular complexity index is 399. The van der Waals surface area contributed by atoms with Gasteiger partial charge in [-0.2, -0.15) is 0 Å². The number of aliphatic hydroxyl groups is 1. The number of hydrogen-bond donors (Lipinski definition) is 1. The molecule has 0 aliphatic carbocycles. The van der Waals surface area contributed by atoms with E-state index in [0.29, 0.717) is 18.1 Å². The number of tetrazole rings is 1. The summed E-state index contributed by atoms with van der Waals surface area (Å²) < 4.78 is 1.52. The molecule has 0 bridgehead atoms. The summed E-state index contributed by atoms with van der Waals surface area (Å²) in [5, 5.41) is 19.9. The molecule has 6 nitrogen and oxygen atoms in total. The molecule has 2 heterocycles. The smallest absolute Gasteiger partial charge is 0.200 e. The van der Waals surface area contributed by atoms with Gasteiger partial charge in [-0.25, -0.2) is 4.68 Å². The zero-order valence-electron chi connectivity index (χ0n) is 7.41. The van der Waals surface area contributed by atoms with E-state index in [9.17, 15) is 0 Å². The summed E-state index contributed by atoms with van der Waals surface area (Å²) in [6.07, 6.45) is 1.67. The first-order chi connectivity index (χ1) is 6.92. The fourth-order valence-electron chi connectivity index (χ4n) is 1.13. The van der Waals surface area contributed by atoms with Crippen LogP contribution in [0.25, 0.3) is 11.5 Å². The molecule has 0 fully saturated rings. The van der Waals surface area contributed by atoms with Crippen molar-refractivity contribution in [2.24, 2.45) is 0 Å². The minimum atomic E-state index is 0.00483. The quantitative estimate of drug-likeness (QED) is 0.722. The Morgan fingerprint density at radius 1 is 1.36 bits per heavy atom. The molecule has 0 amide bonds. The van der Waals surface area contributed by atoms with Crippen LogP contribution in [0.1, 0.15) is 0 Å². The summed E-state index contributed by atoms with van der Waals surface area (Å²) >= 11 is 0. The molecule has 0 saturated carbocycles. The van der Waals surface area contributed by atoms with E-state index < -0.39 is 0 Å². The largest absolute Gasteiger partial charge is 0.394 e. The molecule has 0 aromatic carbocycles. The van der Waals surface area contributed by atoms with Gasteiger partial charge in [-0.3, -0.25) is 4.98 Å². The molecule has 0 radical (unpaired) electrons. The van der Waals surface area contributed by atoms with E-state index in [0.717, 1.165) is 0 Å². The fraction of sp³-hybridized carbons (Fsp3) is 0.250. The van der Waals surface area contributed by atoms with Gasteiger partial charge in [-0.15, -0.1) is 5.10 Å². The van der Waals surface area contributed by atoms with Crippen molar-refractivity contribution in [2.75, 3.05) is 6.61 Å². The molecular weight excluding hydrogens is 182 g/mol. The van der Waals surface area contributed by atoms with Gasteiger partial charge in [0.2, 0.25) is 5.82 Å². The Kier molecular flexibility index (Phi) is 2.46. The number of rotatable bonds is 3. The summed E-state index contributed by atoms with van der Waals surface area (Å²) in [5.41, 5.74) is 0.700. The highest BCUT2D eigenvalue weighted by atomic mass is 16.3. The highest BCUT2D eigenvalue weighted by Gasteiger charge is 2.08. The van der Waals surface area contributed by atoms with Crippen molar-refractivity contribution in [3.8, 4) is 11.5 Å². The van der Waals surface area contributed by atoms with Gasteiger partial charge in [0, 0.05) is 6.20 Å². The summed E-state index contributed by atoms with van der Waals surface area (Å²) in [4.78, 5) is 4.12. The normalized spacial score (nSPS) is 10.4. The summed E-state index contributed by atoms with van der Waals surface area (Å²) in [5.74, 6) is 0.569. The fourth-order valence-corrected chi connectivity index (χ4v) is 1.13. The lowest BCUT2D eigenvalue weighted by atomic mass is 10.3. The zero-order chi connectivity index (χ0) is 9.80. The minimum absolute atomic E-state index is 0.00483. The molecule has 0 aliphatic rings. The van der Waals surface area contributed by atoms with Crippen molar-refractivity contribution in [3.05, 3.63) is 24.4 Å². The second kappa shape index (κ2) is 3.93.